The average Bonchev–Trinajstić information content (AvgIpc) is 2.44. The maximum Gasteiger partial charge on any atom is 0.246 e. The number of piperazine rings is 1. The van der Waals surface area contributed by atoms with E-state index in [1.165, 1.54) is 0 Å². The van der Waals surface area contributed by atoms with Crippen LogP contribution in [0.4, 0.5) is 0 Å². The van der Waals surface area contributed by atoms with Crippen LogP contribution in [-0.4, -0.2) is 60.0 Å². The number of amides is 2. The van der Waals surface area contributed by atoms with Crippen LogP contribution >= 0.6 is 0 Å². The first kappa shape index (κ1) is 15.0. The zero-order valence-electron chi connectivity index (χ0n) is 12.4. The van der Waals surface area contributed by atoms with Crippen molar-refractivity contribution in [2.75, 3.05) is 26.3 Å². The average molecular weight is 280 g/mol. The molecular weight excluding hydrogens is 256 g/mol. The van der Waals surface area contributed by atoms with Gasteiger partial charge in [-0.1, -0.05) is 12.2 Å². The lowest BCUT2D eigenvalue weighted by molar-refractivity contribution is -0.163. The summed E-state index contributed by atoms with van der Waals surface area (Å²) in [5.41, 5.74) is 0.956. The first-order chi connectivity index (χ1) is 9.52. The van der Waals surface area contributed by atoms with Crippen LogP contribution in [0, 0.1) is 0 Å². The van der Waals surface area contributed by atoms with E-state index in [4.69, 9.17) is 4.74 Å². The molecule has 5 heteroatoms. The molecule has 2 heterocycles. The van der Waals surface area contributed by atoms with Crippen molar-refractivity contribution in [2.24, 2.45) is 0 Å². The molecule has 5 nitrogen and oxygen atoms in total. The van der Waals surface area contributed by atoms with E-state index < -0.39 is 0 Å². The van der Waals surface area contributed by atoms with Crippen molar-refractivity contribution in [3.63, 3.8) is 0 Å². The van der Waals surface area contributed by atoms with E-state index in [9.17, 15) is 9.59 Å². The summed E-state index contributed by atoms with van der Waals surface area (Å²) < 4.78 is 5.45. The van der Waals surface area contributed by atoms with E-state index in [1.807, 2.05) is 13.8 Å². The molecule has 2 aliphatic rings. The zero-order chi connectivity index (χ0) is 14.7. The summed E-state index contributed by atoms with van der Waals surface area (Å²) in [7, 11) is 0. The van der Waals surface area contributed by atoms with Crippen LogP contribution in [0.25, 0.3) is 0 Å². The normalized spacial score (nSPS) is 26.7. The van der Waals surface area contributed by atoms with Gasteiger partial charge in [-0.05, 0) is 33.1 Å². The third kappa shape index (κ3) is 3.03. The van der Waals surface area contributed by atoms with Gasteiger partial charge in [0, 0.05) is 13.1 Å². The van der Waals surface area contributed by atoms with Crippen molar-refractivity contribution in [1.82, 2.24) is 9.80 Å². The molecule has 112 valence electrons. The van der Waals surface area contributed by atoms with Gasteiger partial charge in [-0.15, -0.1) is 0 Å². The highest BCUT2D eigenvalue weighted by Gasteiger charge is 2.44. The Morgan fingerprint density at radius 3 is 2.80 bits per heavy atom. The molecule has 2 atom stereocenters. The van der Waals surface area contributed by atoms with Crippen LogP contribution in [0.15, 0.2) is 12.2 Å². The van der Waals surface area contributed by atoms with E-state index in [-0.39, 0.29) is 23.9 Å². The molecule has 0 radical (unpaired) electrons. The van der Waals surface area contributed by atoms with Crippen LogP contribution in [0.1, 0.15) is 33.1 Å². The largest absolute Gasteiger partial charge is 0.375 e. The van der Waals surface area contributed by atoms with Gasteiger partial charge in [0.1, 0.15) is 12.1 Å². The fourth-order valence-electron chi connectivity index (χ4n) is 2.92. The molecule has 0 aromatic heterocycles. The Morgan fingerprint density at radius 1 is 1.35 bits per heavy atom. The van der Waals surface area contributed by atoms with Gasteiger partial charge in [-0.3, -0.25) is 9.59 Å². The monoisotopic (exact) mass is 280 g/mol. The Hall–Kier alpha value is -1.36. The quantitative estimate of drug-likeness (QED) is 0.561. The van der Waals surface area contributed by atoms with E-state index in [2.05, 4.69) is 6.58 Å². The minimum Gasteiger partial charge on any atom is -0.375 e. The maximum absolute atomic E-state index is 12.5. The lowest BCUT2D eigenvalue weighted by Gasteiger charge is -2.46. The third-order valence-electron chi connectivity index (χ3n) is 4.00. The van der Waals surface area contributed by atoms with Gasteiger partial charge < -0.3 is 14.5 Å². The summed E-state index contributed by atoms with van der Waals surface area (Å²) in [6, 6.07) is -0.612. The van der Waals surface area contributed by atoms with Crippen LogP contribution in [-0.2, 0) is 14.3 Å². The molecular formula is C15H24N2O3. The van der Waals surface area contributed by atoms with Crippen molar-refractivity contribution >= 4 is 11.8 Å². The summed E-state index contributed by atoms with van der Waals surface area (Å²) in [6.45, 7) is 9.62. The number of hydrogen-bond acceptors (Lipinski definition) is 3. The highest BCUT2D eigenvalue weighted by atomic mass is 16.5. The Bertz CT molecular complexity index is 408. The van der Waals surface area contributed by atoms with Crippen molar-refractivity contribution in [1.29, 1.82) is 0 Å². The van der Waals surface area contributed by atoms with Crippen molar-refractivity contribution in [3.05, 3.63) is 12.2 Å². The van der Waals surface area contributed by atoms with Crippen molar-refractivity contribution in [3.8, 4) is 0 Å². The number of hydrogen-bond donors (Lipinski definition) is 0. The number of carbonyl (C=O) groups is 2. The topological polar surface area (TPSA) is 49.9 Å². The zero-order valence-corrected chi connectivity index (χ0v) is 12.4. The second-order valence-corrected chi connectivity index (χ2v) is 5.76. The van der Waals surface area contributed by atoms with Crippen molar-refractivity contribution < 1.29 is 14.3 Å². The fourth-order valence-corrected chi connectivity index (χ4v) is 2.92. The second-order valence-electron chi connectivity index (χ2n) is 5.76. The predicted molar refractivity (Wildman–Crippen MR) is 76.2 cm³/mol. The first-order valence-corrected chi connectivity index (χ1v) is 7.35. The van der Waals surface area contributed by atoms with E-state index in [1.54, 1.807) is 9.80 Å². The van der Waals surface area contributed by atoms with Crippen LogP contribution in [0.5, 0.6) is 0 Å². The molecule has 2 aliphatic heterocycles. The summed E-state index contributed by atoms with van der Waals surface area (Å²) >= 11 is 0. The number of rotatable bonds is 5. The number of carbonyl (C=O) groups excluding carboxylic acids is 2. The van der Waals surface area contributed by atoms with Gasteiger partial charge in [-0.25, -0.2) is 0 Å². The van der Waals surface area contributed by atoms with E-state index in [0.717, 1.165) is 31.4 Å². The Kier molecular flexibility index (Phi) is 4.81. The molecule has 0 aromatic rings. The van der Waals surface area contributed by atoms with Gasteiger partial charge >= 0.3 is 0 Å². The molecule has 0 N–H and O–H groups in total. The molecule has 0 aromatic carbocycles. The van der Waals surface area contributed by atoms with Crippen LogP contribution in [0.3, 0.4) is 0 Å². The van der Waals surface area contributed by atoms with Gasteiger partial charge in [0.05, 0.1) is 13.2 Å². The van der Waals surface area contributed by atoms with E-state index in [0.29, 0.717) is 19.8 Å². The number of ether oxygens (including phenoxy) is 1. The SMILES string of the molecule is C=C(C)COCCN1C(=O)C2CCCCN2C(=O)C1C. The Morgan fingerprint density at radius 2 is 2.10 bits per heavy atom. The minimum atomic E-state index is -0.370. The summed E-state index contributed by atoms with van der Waals surface area (Å²) in [5, 5.41) is 0. The summed E-state index contributed by atoms with van der Waals surface area (Å²) in [5.74, 6) is 0.157. The molecule has 2 rings (SSSR count). The van der Waals surface area contributed by atoms with Gasteiger partial charge in [0.15, 0.2) is 0 Å². The minimum absolute atomic E-state index is 0.0780. The van der Waals surface area contributed by atoms with Gasteiger partial charge in [-0.2, -0.15) is 0 Å². The standard InChI is InChI=1S/C15H24N2O3/c1-11(2)10-20-9-8-16-12(3)14(18)17-7-5-4-6-13(17)15(16)19/h12-13H,1,4-10H2,2-3H3. The molecule has 2 amide bonds. The first-order valence-electron chi connectivity index (χ1n) is 7.35. The summed E-state index contributed by atoms with van der Waals surface area (Å²) in [4.78, 5) is 28.3. The number of nitrogens with zero attached hydrogens (tertiary/aromatic N) is 2. The molecule has 2 unspecified atom stereocenters. The lowest BCUT2D eigenvalue weighted by atomic mass is 9.96. The highest BCUT2D eigenvalue weighted by molar-refractivity contribution is 5.96. The molecule has 0 spiro atoms. The van der Waals surface area contributed by atoms with Gasteiger partial charge in [0.25, 0.3) is 0 Å². The molecule has 0 aliphatic carbocycles. The predicted octanol–water partition coefficient (Wildman–Crippen LogP) is 1.19. The lowest BCUT2D eigenvalue weighted by Crippen LogP contribution is -2.65. The van der Waals surface area contributed by atoms with Crippen molar-refractivity contribution in [2.45, 2.75) is 45.2 Å². The molecule has 20 heavy (non-hydrogen) atoms. The fraction of sp³-hybridized carbons (Fsp3) is 0.733. The maximum atomic E-state index is 12.5. The number of fused-ring (bicyclic) bond motifs is 1. The Balaban J connectivity index is 1.96. The smallest absolute Gasteiger partial charge is 0.246 e. The molecule has 2 saturated heterocycles. The van der Waals surface area contributed by atoms with Gasteiger partial charge in [0.2, 0.25) is 11.8 Å². The molecule has 0 saturated carbocycles. The molecule has 2 fully saturated rings. The second kappa shape index (κ2) is 6.39. The highest BCUT2D eigenvalue weighted by Crippen LogP contribution is 2.25. The Labute approximate surface area is 120 Å². The van der Waals surface area contributed by atoms with Crippen LogP contribution < -0.4 is 0 Å². The van der Waals surface area contributed by atoms with E-state index >= 15 is 0 Å². The van der Waals surface area contributed by atoms with Crippen LogP contribution in [0.2, 0.25) is 0 Å². The third-order valence-corrected chi connectivity index (χ3v) is 4.00. The summed E-state index contributed by atoms with van der Waals surface area (Å²) in [6.07, 6.45) is 2.82. The molecule has 0 bridgehead atoms. The number of piperidine rings is 1.